The van der Waals surface area contributed by atoms with Crippen molar-refractivity contribution < 1.29 is 9.09 Å². The van der Waals surface area contributed by atoms with Crippen molar-refractivity contribution in [2.45, 2.75) is 20.0 Å². The van der Waals surface area contributed by atoms with Crippen LogP contribution in [0.2, 0.25) is 0 Å². The number of aryl methyl sites for hydroxylation is 1. The van der Waals surface area contributed by atoms with Crippen molar-refractivity contribution in [3.63, 3.8) is 0 Å². The molecule has 0 spiro atoms. The smallest absolute Gasteiger partial charge is 0.287 e. The molecule has 1 aromatic rings. The molecule has 0 heterocycles. The van der Waals surface area contributed by atoms with Gasteiger partial charge in [0.2, 0.25) is 0 Å². The normalized spacial score (nSPS) is 13.2. The minimum Gasteiger partial charge on any atom is -0.287 e. The van der Waals surface area contributed by atoms with Crippen LogP contribution in [0.4, 0.5) is 0 Å². The predicted molar refractivity (Wildman–Crippen MR) is 48.3 cm³/mol. The second kappa shape index (κ2) is 4.34. The maximum Gasteiger partial charge on any atom is 0.327 e. The van der Waals surface area contributed by atoms with E-state index in [1.165, 1.54) is 5.56 Å². The molecule has 0 radical (unpaired) electrons. The Morgan fingerprint density at radius 3 is 2.42 bits per heavy atom. The van der Waals surface area contributed by atoms with Crippen LogP contribution in [0, 0.1) is 6.92 Å². The first kappa shape index (κ1) is 9.37. The van der Waals surface area contributed by atoms with Crippen LogP contribution in [0.1, 0.15) is 24.2 Å². The first-order valence-corrected chi connectivity index (χ1v) is 4.52. The van der Waals surface area contributed by atoms with E-state index < -0.39 is 0 Å². The molecule has 0 N–H and O–H groups in total. The molecule has 12 heavy (non-hydrogen) atoms. The maximum absolute atomic E-state index is 10.1. The van der Waals surface area contributed by atoms with Crippen LogP contribution >= 0.6 is 8.69 Å². The van der Waals surface area contributed by atoms with E-state index in [1.807, 2.05) is 38.1 Å². The lowest BCUT2D eigenvalue weighted by atomic mass is 10.1. The van der Waals surface area contributed by atoms with Gasteiger partial charge in [-0.25, -0.2) is 4.57 Å². The Morgan fingerprint density at radius 1 is 1.33 bits per heavy atom. The Balaban J connectivity index is 2.74. The van der Waals surface area contributed by atoms with E-state index >= 15 is 0 Å². The van der Waals surface area contributed by atoms with Gasteiger partial charge in [0.15, 0.2) is 0 Å². The first-order valence-electron chi connectivity index (χ1n) is 3.79. The zero-order valence-electron chi connectivity index (χ0n) is 7.15. The van der Waals surface area contributed by atoms with Crippen molar-refractivity contribution in [3.8, 4) is 0 Å². The molecular weight excluding hydrogens is 171 g/mol. The summed E-state index contributed by atoms with van der Waals surface area (Å²) in [4.78, 5) is 0. The summed E-state index contributed by atoms with van der Waals surface area (Å²) in [6, 6.07) is 7.98. The molecule has 2 nitrogen and oxygen atoms in total. The molecule has 0 saturated heterocycles. The third-order valence-corrected chi connectivity index (χ3v) is 2.15. The largest absolute Gasteiger partial charge is 0.327 e. The molecule has 1 unspecified atom stereocenters. The van der Waals surface area contributed by atoms with Gasteiger partial charge >= 0.3 is 8.69 Å². The van der Waals surface area contributed by atoms with E-state index in [4.69, 9.17) is 4.52 Å². The standard InChI is InChI=1S/C9H11O2P/c1-7-3-5-9(6-4-7)8(2)11-12-10/h3-6,8H,1-2H3. The van der Waals surface area contributed by atoms with Gasteiger partial charge in [-0.1, -0.05) is 29.8 Å². The summed E-state index contributed by atoms with van der Waals surface area (Å²) >= 11 is 0. The van der Waals surface area contributed by atoms with Crippen molar-refractivity contribution in [3.05, 3.63) is 35.4 Å². The Morgan fingerprint density at radius 2 is 1.92 bits per heavy atom. The summed E-state index contributed by atoms with van der Waals surface area (Å²) in [6.07, 6.45) is -0.107. The van der Waals surface area contributed by atoms with Crippen LogP contribution in [0.5, 0.6) is 0 Å². The van der Waals surface area contributed by atoms with Crippen molar-refractivity contribution >= 4 is 8.69 Å². The van der Waals surface area contributed by atoms with Crippen LogP contribution < -0.4 is 0 Å². The first-order chi connectivity index (χ1) is 5.74. The van der Waals surface area contributed by atoms with Crippen molar-refractivity contribution in [2.75, 3.05) is 0 Å². The zero-order valence-corrected chi connectivity index (χ0v) is 8.04. The van der Waals surface area contributed by atoms with Gasteiger partial charge in [-0.15, -0.1) is 0 Å². The summed E-state index contributed by atoms with van der Waals surface area (Å²) in [6.45, 7) is 3.90. The number of hydrogen-bond acceptors (Lipinski definition) is 2. The fourth-order valence-corrected chi connectivity index (χ4v) is 1.21. The van der Waals surface area contributed by atoms with Crippen molar-refractivity contribution in [1.82, 2.24) is 0 Å². The highest BCUT2D eigenvalue weighted by molar-refractivity contribution is 7.17. The molecule has 0 fully saturated rings. The lowest BCUT2D eigenvalue weighted by molar-refractivity contribution is 0.251. The Kier molecular flexibility index (Phi) is 3.39. The molecular formula is C9H11O2P. The van der Waals surface area contributed by atoms with Gasteiger partial charge in [-0.05, 0) is 19.4 Å². The lowest BCUT2D eigenvalue weighted by Crippen LogP contribution is -1.91. The van der Waals surface area contributed by atoms with E-state index in [1.54, 1.807) is 0 Å². The fourth-order valence-electron chi connectivity index (χ4n) is 0.963. The lowest BCUT2D eigenvalue weighted by Gasteiger charge is -2.06. The number of hydrogen-bond donors (Lipinski definition) is 0. The van der Waals surface area contributed by atoms with E-state index in [-0.39, 0.29) is 14.8 Å². The highest BCUT2D eigenvalue weighted by Crippen LogP contribution is 2.20. The number of rotatable bonds is 3. The molecule has 0 amide bonds. The van der Waals surface area contributed by atoms with E-state index in [2.05, 4.69) is 0 Å². The van der Waals surface area contributed by atoms with Gasteiger partial charge in [0, 0.05) is 0 Å². The summed E-state index contributed by atoms with van der Waals surface area (Å²) < 4.78 is 15.0. The van der Waals surface area contributed by atoms with Gasteiger partial charge in [0.1, 0.15) is 0 Å². The zero-order chi connectivity index (χ0) is 8.97. The average molecular weight is 182 g/mol. The van der Waals surface area contributed by atoms with Crippen LogP contribution in [0.15, 0.2) is 24.3 Å². The monoisotopic (exact) mass is 182 g/mol. The van der Waals surface area contributed by atoms with Crippen LogP contribution in [0.25, 0.3) is 0 Å². The highest BCUT2D eigenvalue weighted by atomic mass is 31.1. The van der Waals surface area contributed by atoms with Crippen molar-refractivity contribution in [1.29, 1.82) is 0 Å². The van der Waals surface area contributed by atoms with Gasteiger partial charge < -0.3 is 0 Å². The summed E-state index contributed by atoms with van der Waals surface area (Å²) in [5, 5.41) is 0. The second-order valence-electron chi connectivity index (χ2n) is 2.73. The molecule has 1 aromatic carbocycles. The highest BCUT2D eigenvalue weighted by Gasteiger charge is 2.04. The number of benzene rings is 1. The minimum atomic E-state index is -0.265. The van der Waals surface area contributed by atoms with Crippen LogP contribution in [-0.2, 0) is 9.09 Å². The van der Waals surface area contributed by atoms with Crippen LogP contribution in [0.3, 0.4) is 0 Å². The second-order valence-corrected chi connectivity index (χ2v) is 3.09. The molecule has 0 bridgehead atoms. The predicted octanol–water partition coefficient (Wildman–Crippen LogP) is 3.28. The quantitative estimate of drug-likeness (QED) is 0.670. The summed E-state index contributed by atoms with van der Waals surface area (Å²) in [5.74, 6) is 0. The third kappa shape index (κ3) is 2.40. The molecule has 0 aromatic heterocycles. The average Bonchev–Trinajstić information content (AvgIpc) is 2.06. The van der Waals surface area contributed by atoms with Crippen LogP contribution in [-0.4, -0.2) is 0 Å². The van der Waals surface area contributed by atoms with E-state index in [9.17, 15) is 4.57 Å². The SMILES string of the molecule is Cc1ccc(C(C)OP=O)cc1. The maximum atomic E-state index is 10.1. The molecule has 0 aliphatic carbocycles. The molecule has 1 rings (SSSR count). The van der Waals surface area contributed by atoms with Crippen molar-refractivity contribution in [2.24, 2.45) is 0 Å². The van der Waals surface area contributed by atoms with Gasteiger partial charge in [-0.2, -0.15) is 0 Å². The Labute approximate surface area is 73.8 Å². The molecule has 0 aliphatic heterocycles. The summed E-state index contributed by atoms with van der Waals surface area (Å²) in [5.41, 5.74) is 2.26. The Hall–Kier alpha value is -0.720. The Bertz CT molecular complexity index is 256. The van der Waals surface area contributed by atoms with Gasteiger partial charge in [0.25, 0.3) is 0 Å². The van der Waals surface area contributed by atoms with Gasteiger partial charge in [-0.3, -0.25) is 4.52 Å². The minimum absolute atomic E-state index is 0.107. The third-order valence-electron chi connectivity index (χ3n) is 1.75. The fraction of sp³-hybridized carbons (Fsp3) is 0.333. The molecule has 0 saturated carbocycles. The molecule has 0 aliphatic rings. The summed E-state index contributed by atoms with van der Waals surface area (Å²) in [7, 11) is -0.265. The molecule has 64 valence electrons. The van der Waals surface area contributed by atoms with E-state index in [0.29, 0.717) is 0 Å². The molecule has 1 atom stereocenters. The topological polar surface area (TPSA) is 26.3 Å². The van der Waals surface area contributed by atoms with E-state index in [0.717, 1.165) is 5.56 Å². The molecule has 3 heteroatoms. The van der Waals surface area contributed by atoms with Gasteiger partial charge in [0.05, 0.1) is 6.10 Å².